The number of anilines is 1. The first-order valence-electron chi connectivity index (χ1n) is 6.54. The monoisotopic (exact) mass is 362 g/mol. The molecule has 2 aromatic carbocycles. The van der Waals surface area contributed by atoms with E-state index in [1.807, 2.05) is 0 Å². The maximum absolute atomic E-state index is 13.6. The molecule has 0 aliphatic rings. The molecule has 0 radical (unpaired) electrons. The van der Waals surface area contributed by atoms with Gasteiger partial charge in [-0.05, 0) is 29.8 Å². The zero-order chi connectivity index (χ0) is 17.9. The van der Waals surface area contributed by atoms with Gasteiger partial charge in [-0.3, -0.25) is 4.79 Å². The Bertz CT molecular complexity index is 748. The molecule has 0 aromatic heterocycles. The van der Waals surface area contributed by atoms with Crippen molar-refractivity contribution in [3.63, 3.8) is 0 Å². The van der Waals surface area contributed by atoms with E-state index in [4.69, 9.17) is 17.3 Å². The summed E-state index contributed by atoms with van der Waals surface area (Å²) in [6.07, 6.45) is -4.77. The lowest BCUT2D eigenvalue weighted by Crippen LogP contribution is -2.24. The summed E-state index contributed by atoms with van der Waals surface area (Å²) in [5.41, 5.74) is 5.54. The van der Waals surface area contributed by atoms with Gasteiger partial charge in [-0.1, -0.05) is 23.7 Å². The standard InChI is InChI=1S/C15H11ClF4N2O2/c16-11-6-5-10(13(21)12(11)17)14(23)22-7-8-1-3-9(4-2-8)24-15(18,19)20/h1-6H,7,21H2,(H,22,23). The van der Waals surface area contributed by atoms with Gasteiger partial charge < -0.3 is 15.8 Å². The molecule has 0 unspecified atom stereocenters. The zero-order valence-corrected chi connectivity index (χ0v) is 12.7. The largest absolute Gasteiger partial charge is 0.573 e. The van der Waals surface area contributed by atoms with Crippen molar-refractivity contribution < 1.29 is 27.1 Å². The lowest BCUT2D eigenvalue weighted by molar-refractivity contribution is -0.274. The smallest absolute Gasteiger partial charge is 0.406 e. The van der Waals surface area contributed by atoms with E-state index in [1.165, 1.54) is 24.3 Å². The second-order valence-corrected chi connectivity index (χ2v) is 5.10. The van der Waals surface area contributed by atoms with E-state index < -0.39 is 18.1 Å². The maximum Gasteiger partial charge on any atom is 0.573 e. The number of carbonyl (C=O) groups is 1. The predicted molar refractivity (Wildman–Crippen MR) is 80.1 cm³/mol. The highest BCUT2D eigenvalue weighted by atomic mass is 35.5. The van der Waals surface area contributed by atoms with E-state index in [-0.39, 0.29) is 28.6 Å². The van der Waals surface area contributed by atoms with Crippen LogP contribution in [0.1, 0.15) is 15.9 Å². The van der Waals surface area contributed by atoms with Crippen LogP contribution in [0.15, 0.2) is 36.4 Å². The molecule has 2 rings (SSSR count). The number of hydrogen-bond donors (Lipinski definition) is 2. The summed E-state index contributed by atoms with van der Waals surface area (Å²) in [7, 11) is 0. The summed E-state index contributed by atoms with van der Waals surface area (Å²) >= 11 is 5.55. The highest BCUT2D eigenvalue weighted by molar-refractivity contribution is 6.31. The zero-order valence-electron chi connectivity index (χ0n) is 12.0. The Morgan fingerprint density at radius 1 is 1.17 bits per heavy atom. The lowest BCUT2D eigenvalue weighted by Gasteiger charge is -2.11. The lowest BCUT2D eigenvalue weighted by atomic mass is 10.1. The van der Waals surface area contributed by atoms with E-state index in [1.54, 1.807) is 0 Å². The van der Waals surface area contributed by atoms with Crippen LogP contribution in [0.3, 0.4) is 0 Å². The van der Waals surface area contributed by atoms with Crippen molar-refractivity contribution in [2.24, 2.45) is 0 Å². The Labute approximate surface area is 139 Å². The SMILES string of the molecule is Nc1c(C(=O)NCc2ccc(OC(F)(F)F)cc2)ccc(Cl)c1F. The van der Waals surface area contributed by atoms with Gasteiger partial charge in [-0.25, -0.2) is 4.39 Å². The van der Waals surface area contributed by atoms with Gasteiger partial charge in [0.2, 0.25) is 0 Å². The number of hydrogen-bond acceptors (Lipinski definition) is 3. The molecule has 0 atom stereocenters. The molecule has 0 aliphatic carbocycles. The van der Waals surface area contributed by atoms with Gasteiger partial charge in [0, 0.05) is 6.54 Å². The molecule has 2 aromatic rings. The quantitative estimate of drug-likeness (QED) is 0.640. The number of rotatable bonds is 4. The van der Waals surface area contributed by atoms with Crippen molar-refractivity contribution >= 4 is 23.2 Å². The Morgan fingerprint density at radius 2 is 1.79 bits per heavy atom. The van der Waals surface area contributed by atoms with E-state index in [2.05, 4.69) is 10.1 Å². The molecule has 128 valence electrons. The molecular formula is C15H11ClF4N2O2. The number of nitrogens with two attached hydrogens (primary N) is 1. The Kier molecular flexibility index (Phi) is 5.18. The number of alkyl halides is 3. The van der Waals surface area contributed by atoms with Crippen LogP contribution in [-0.2, 0) is 6.54 Å². The van der Waals surface area contributed by atoms with Crippen LogP contribution >= 0.6 is 11.6 Å². The van der Waals surface area contributed by atoms with Crippen LogP contribution in [0, 0.1) is 5.82 Å². The Balaban J connectivity index is 2.01. The average Bonchev–Trinajstić information content (AvgIpc) is 2.50. The Morgan fingerprint density at radius 3 is 2.38 bits per heavy atom. The summed E-state index contributed by atoms with van der Waals surface area (Å²) in [6, 6.07) is 7.42. The first kappa shape index (κ1) is 17.9. The minimum atomic E-state index is -4.77. The van der Waals surface area contributed by atoms with Gasteiger partial charge in [0.05, 0.1) is 16.3 Å². The first-order valence-corrected chi connectivity index (χ1v) is 6.91. The normalized spacial score (nSPS) is 11.2. The van der Waals surface area contributed by atoms with Gasteiger partial charge >= 0.3 is 6.36 Å². The number of amides is 1. The molecule has 1 amide bonds. The fourth-order valence-corrected chi connectivity index (χ4v) is 2.02. The van der Waals surface area contributed by atoms with Crippen molar-refractivity contribution in [1.82, 2.24) is 5.32 Å². The maximum atomic E-state index is 13.6. The van der Waals surface area contributed by atoms with Crippen LogP contribution in [-0.4, -0.2) is 12.3 Å². The van der Waals surface area contributed by atoms with E-state index in [0.717, 1.165) is 12.1 Å². The highest BCUT2D eigenvalue weighted by Gasteiger charge is 2.30. The third-order valence-corrected chi connectivity index (χ3v) is 3.28. The summed E-state index contributed by atoms with van der Waals surface area (Å²) < 4.78 is 53.4. The highest BCUT2D eigenvalue weighted by Crippen LogP contribution is 2.24. The molecule has 24 heavy (non-hydrogen) atoms. The summed E-state index contributed by atoms with van der Waals surface area (Å²) in [5.74, 6) is -1.90. The van der Waals surface area contributed by atoms with Crippen molar-refractivity contribution in [2.45, 2.75) is 12.9 Å². The fourth-order valence-electron chi connectivity index (χ4n) is 1.85. The number of halogens is 5. The van der Waals surface area contributed by atoms with Gasteiger partial charge in [-0.2, -0.15) is 0 Å². The number of benzene rings is 2. The third kappa shape index (κ3) is 4.51. The van der Waals surface area contributed by atoms with Gasteiger partial charge in [0.1, 0.15) is 5.75 Å². The molecule has 0 heterocycles. The minimum absolute atomic E-state index is 0.00875. The molecule has 3 N–H and O–H groups in total. The molecule has 0 spiro atoms. The molecule has 0 saturated heterocycles. The fraction of sp³-hybridized carbons (Fsp3) is 0.133. The van der Waals surface area contributed by atoms with E-state index in [0.29, 0.717) is 5.56 Å². The molecular weight excluding hydrogens is 352 g/mol. The Hall–Kier alpha value is -2.48. The molecule has 0 fully saturated rings. The van der Waals surface area contributed by atoms with Crippen molar-refractivity contribution in [1.29, 1.82) is 0 Å². The number of nitrogen functional groups attached to an aromatic ring is 1. The minimum Gasteiger partial charge on any atom is -0.406 e. The molecule has 0 saturated carbocycles. The van der Waals surface area contributed by atoms with Crippen LogP contribution in [0.5, 0.6) is 5.75 Å². The second-order valence-electron chi connectivity index (χ2n) is 4.70. The van der Waals surface area contributed by atoms with Gasteiger partial charge in [0.25, 0.3) is 5.91 Å². The van der Waals surface area contributed by atoms with E-state index >= 15 is 0 Å². The summed E-state index contributed by atoms with van der Waals surface area (Å²) in [4.78, 5) is 12.0. The second kappa shape index (κ2) is 6.96. The van der Waals surface area contributed by atoms with Gasteiger partial charge in [-0.15, -0.1) is 13.2 Å². The topological polar surface area (TPSA) is 64.4 Å². The molecule has 4 nitrogen and oxygen atoms in total. The van der Waals surface area contributed by atoms with Crippen LogP contribution in [0.25, 0.3) is 0 Å². The summed E-state index contributed by atoms with van der Waals surface area (Å²) in [5, 5.41) is 2.27. The van der Waals surface area contributed by atoms with Crippen LogP contribution < -0.4 is 15.8 Å². The van der Waals surface area contributed by atoms with Crippen molar-refractivity contribution in [3.8, 4) is 5.75 Å². The molecule has 0 bridgehead atoms. The van der Waals surface area contributed by atoms with Crippen LogP contribution in [0.4, 0.5) is 23.2 Å². The number of carbonyl (C=O) groups excluding carboxylic acids is 1. The first-order chi connectivity index (χ1) is 11.2. The predicted octanol–water partition coefficient (Wildman–Crippen LogP) is 3.89. The van der Waals surface area contributed by atoms with Crippen molar-refractivity contribution in [3.05, 3.63) is 58.4 Å². The molecule has 9 heteroatoms. The number of nitrogens with one attached hydrogen (secondary N) is 1. The van der Waals surface area contributed by atoms with Gasteiger partial charge in [0.15, 0.2) is 5.82 Å². The van der Waals surface area contributed by atoms with Crippen molar-refractivity contribution in [2.75, 3.05) is 5.73 Å². The summed E-state index contributed by atoms with van der Waals surface area (Å²) in [6.45, 7) is 0.00875. The molecule has 0 aliphatic heterocycles. The van der Waals surface area contributed by atoms with E-state index in [9.17, 15) is 22.4 Å². The number of ether oxygens (including phenoxy) is 1. The third-order valence-electron chi connectivity index (χ3n) is 2.99. The average molecular weight is 363 g/mol. The van der Waals surface area contributed by atoms with Crippen LogP contribution in [0.2, 0.25) is 5.02 Å².